The average molecular weight is 299 g/mol. The SMILES string of the molecule is COc1cccc(C[C@H]2CCCN2C(=O)c2ccc(C)o2)c1. The number of hydrogen-bond acceptors (Lipinski definition) is 3. The maximum absolute atomic E-state index is 12.6. The number of furan rings is 1. The Morgan fingerprint density at radius 1 is 1.36 bits per heavy atom. The molecule has 0 unspecified atom stereocenters. The Labute approximate surface area is 130 Å². The first-order chi connectivity index (χ1) is 10.7. The number of carbonyl (C=O) groups is 1. The van der Waals surface area contributed by atoms with Gasteiger partial charge in [-0.15, -0.1) is 0 Å². The van der Waals surface area contributed by atoms with Crippen LogP contribution in [0.2, 0.25) is 0 Å². The highest BCUT2D eigenvalue weighted by atomic mass is 16.5. The van der Waals surface area contributed by atoms with Gasteiger partial charge >= 0.3 is 0 Å². The molecule has 1 aliphatic heterocycles. The molecule has 1 aromatic heterocycles. The summed E-state index contributed by atoms with van der Waals surface area (Å²) in [6.07, 6.45) is 2.92. The zero-order valence-corrected chi connectivity index (χ0v) is 13.0. The first-order valence-electron chi connectivity index (χ1n) is 7.67. The Bertz CT molecular complexity index is 662. The summed E-state index contributed by atoms with van der Waals surface area (Å²) in [7, 11) is 1.67. The quantitative estimate of drug-likeness (QED) is 0.868. The summed E-state index contributed by atoms with van der Waals surface area (Å²) in [4.78, 5) is 14.5. The van der Waals surface area contributed by atoms with Crippen LogP contribution in [0.1, 0.15) is 34.7 Å². The van der Waals surface area contributed by atoms with E-state index in [0.717, 1.165) is 37.3 Å². The van der Waals surface area contributed by atoms with Crippen molar-refractivity contribution in [1.82, 2.24) is 4.90 Å². The lowest BCUT2D eigenvalue weighted by Crippen LogP contribution is -2.36. The molecule has 1 amide bonds. The number of nitrogens with zero attached hydrogens (tertiary/aromatic N) is 1. The molecule has 2 heterocycles. The fraction of sp³-hybridized carbons (Fsp3) is 0.389. The molecule has 0 spiro atoms. The second-order valence-electron chi connectivity index (χ2n) is 5.76. The second kappa shape index (κ2) is 6.26. The van der Waals surface area contributed by atoms with Gasteiger partial charge in [0.15, 0.2) is 5.76 Å². The molecule has 1 aromatic carbocycles. The highest BCUT2D eigenvalue weighted by Crippen LogP contribution is 2.25. The van der Waals surface area contributed by atoms with E-state index in [0.29, 0.717) is 5.76 Å². The third kappa shape index (κ3) is 3.01. The fourth-order valence-electron chi connectivity index (χ4n) is 3.08. The fourth-order valence-corrected chi connectivity index (χ4v) is 3.08. The van der Waals surface area contributed by atoms with Crippen molar-refractivity contribution in [2.75, 3.05) is 13.7 Å². The van der Waals surface area contributed by atoms with Gasteiger partial charge in [-0.2, -0.15) is 0 Å². The molecule has 1 saturated heterocycles. The number of benzene rings is 1. The number of hydrogen-bond donors (Lipinski definition) is 0. The number of ether oxygens (including phenoxy) is 1. The van der Waals surface area contributed by atoms with Gasteiger partial charge in [-0.3, -0.25) is 4.79 Å². The molecule has 0 bridgehead atoms. The van der Waals surface area contributed by atoms with Gasteiger partial charge in [0, 0.05) is 12.6 Å². The predicted octanol–water partition coefficient (Wildman–Crippen LogP) is 3.44. The lowest BCUT2D eigenvalue weighted by molar-refractivity contribution is 0.0703. The smallest absolute Gasteiger partial charge is 0.289 e. The third-order valence-corrected chi connectivity index (χ3v) is 4.19. The first kappa shape index (κ1) is 14.7. The van der Waals surface area contributed by atoms with Crippen molar-refractivity contribution in [3.8, 4) is 5.75 Å². The summed E-state index contributed by atoms with van der Waals surface area (Å²) in [5, 5.41) is 0. The Hall–Kier alpha value is -2.23. The largest absolute Gasteiger partial charge is 0.497 e. The van der Waals surface area contributed by atoms with Crippen LogP contribution in [0.4, 0.5) is 0 Å². The van der Waals surface area contributed by atoms with Crippen LogP contribution >= 0.6 is 0 Å². The minimum Gasteiger partial charge on any atom is -0.497 e. The molecule has 0 N–H and O–H groups in total. The maximum atomic E-state index is 12.6. The van der Waals surface area contributed by atoms with Gasteiger partial charge in [0.05, 0.1) is 7.11 Å². The Morgan fingerprint density at radius 2 is 2.23 bits per heavy atom. The van der Waals surface area contributed by atoms with Crippen LogP contribution in [0.15, 0.2) is 40.8 Å². The van der Waals surface area contributed by atoms with Crippen LogP contribution < -0.4 is 4.74 Å². The topological polar surface area (TPSA) is 42.7 Å². The number of methoxy groups -OCH3 is 1. The van der Waals surface area contributed by atoms with Crippen LogP contribution in [-0.4, -0.2) is 30.5 Å². The van der Waals surface area contributed by atoms with E-state index in [1.54, 1.807) is 13.2 Å². The highest BCUT2D eigenvalue weighted by Gasteiger charge is 2.30. The average Bonchev–Trinajstić information content (AvgIpc) is 3.16. The number of aryl methyl sites for hydroxylation is 1. The van der Waals surface area contributed by atoms with Crippen molar-refractivity contribution in [3.63, 3.8) is 0 Å². The second-order valence-corrected chi connectivity index (χ2v) is 5.76. The van der Waals surface area contributed by atoms with Crippen molar-refractivity contribution in [2.45, 2.75) is 32.2 Å². The van der Waals surface area contributed by atoms with Crippen LogP contribution in [0.3, 0.4) is 0 Å². The van der Waals surface area contributed by atoms with Crippen molar-refractivity contribution in [1.29, 1.82) is 0 Å². The summed E-state index contributed by atoms with van der Waals surface area (Å²) < 4.78 is 10.8. The van der Waals surface area contributed by atoms with Crippen LogP contribution in [0.25, 0.3) is 0 Å². The van der Waals surface area contributed by atoms with Gasteiger partial charge in [0.1, 0.15) is 11.5 Å². The molecular weight excluding hydrogens is 278 g/mol. The normalized spacial score (nSPS) is 17.7. The number of amides is 1. The van der Waals surface area contributed by atoms with E-state index < -0.39 is 0 Å². The molecule has 22 heavy (non-hydrogen) atoms. The van der Waals surface area contributed by atoms with Crippen molar-refractivity contribution in [2.24, 2.45) is 0 Å². The molecule has 0 saturated carbocycles. The van der Waals surface area contributed by atoms with E-state index in [-0.39, 0.29) is 11.9 Å². The molecule has 1 fully saturated rings. The Balaban J connectivity index is 1.74. The highest BCUT2D eigenvalue weighted by molar-refractivity contribution is 5.92. The molecule has 1 aliphatic rings. The third-order valence-electron chi connectivity index (χ3n) is 4.19. The van der Waals surface area contributed by atoms with Gasteiger partial charge in [-0.05, 0) is 56.0 Å². The molecule has 1 atom stereocenters. The molecule has 0 radical (unpaired) electrons. The zero-order chi connectivity index (χ0) is 15.5. The minimum absolute atomic E-state index is 0.00139. The van der Waals surface area contributed by atoms with Gasteiger partial charge in [-0.25, -0.2) is 0 Å². The summed E-state index contributed by atoms with van der Waals surface area (Å²) in [5.74, 6) is 2.07. The van der Waals surface area contributed by atoms with Gasteiger partial charge in [0.2, 0.25) is 0 Å². The number of carbonyl (C=O) groups excluding carboxylic acids is 1. The van der Waals surface area contributed by atoms with Crippen LogP contribution in [0.5, 0.6) is 5.75 Å². The minimum atomic E-state index is -0.00139. The van der Waals surface area contributed by atoms with Crippen molar-refractivity contribution in [3.05, 3.63) is 53.5 Å². The first-order valence-corrected chi connectivity index (χ1v) is 7.67. The molecule has 4 nitrogen and oxygen atoms in total. The summed E-state index contributed by atoms with van der Waals surface area (Å²) in [5.41, 5.74) is 1.19. The van der Waals surface area contributed by atoms with E-state index >= 15 is 0 Å². The van der Waals surface area contributed by atoms with E-state index in [1.807, 2.05) is 36.1 Å². The number of rotatable bonds is 4. The van der Waals surface area contributed by atoms with E-state index in [1.165, 1.54) is 5.56 Å². The van der Waals surface area contributed by atoms with Gasteiger partial charge in [0.25, 0.3) is 5.91 Å². The molecule has 4 heteroatoms. The Morgan fingerprint density at radius 3 is 2.95 bits per heavy atom. The number of likely N-dealkylation sites (tertiary alicyclic amines) is 1. The van der Waals surface area contributed by atoms with Crippen LogP contribution in [-0.2, 0) is 6.42 Å². The molecule has 2 aromatic rings. The predicted molar refractivity (Wildman–Crippen MR) is 84.2 cm³/mol. The van der Waals surface area contributed by atoms with Crippen LogP contribution in [0, 0.1) is 6.92 Å². The maximum Gasteiger partial charge on any atom is 0.289 e. The van der Waals surface area contributed by atoms with E-state index in [4.69, 9.17) is 9.15 Å². The standard InChI is InChI=1S/C18H21NO3/c1-13-8-9-17(22-13)18(20)19-10-4-6-15(19)11-14-5-3-7-16(12-14)21-2/h3,5,7-9,12,15H,4,6,10-11H2,1-2H3/t15-/m1/s1. The molecular formula is C18H21NO3. The molecule has 116 valence electrons. The van der Waals surface area contributed by atoms with Gasteiger partial charge < -0.3 is 14.1 Å². The summed E-state index contributed by atoms with van der Waals surface area (Å²) in [6.45, 7) is 2.65. The molecule has 0 aliphatic carbocycles. The lowest BCUT2D eigenvalue weighted by Gasteiger charge is -2.24. The van der Waals surface area contributed by atoms with Crippen molar-refractivity contribution >= 4 is 5.91 Å². The van der Waals surface area contributed by atoms with E-state index in [9.17, 15) is 4.79 Å². The monoisotopic (exact) mass is 299 g/mol. The Kier molecular flexibility index (Phi) is 4.18. The summed E-state index contributed by atoms with van der Waals surface area (Å²) in [6, 6.07) is 11.9. The molecule has 3 rings (SSSR count). The zero-order valence-electron chi connectivity index (χ0n) is 13.0. The summed E-state index contributed by atoms with van der Waals surface area (Å²) >= 11 is 0. The van der Waals surface area contributed by atoms with Crippen molar-refractivity contribution < 1.29 is 13.9 Å². The lowest BCUT2D eigenvalue weighted by atomic mass is 10.0. The van der Waals surface area contributed by atoms with Gasteiger partial charge in [-0.1, -0.05) is 12.1 Å². The van der Waals surface area contributed by atoms with E-state index in [2.05, 4.69) is 6.07 Å².